The second-order valence-corrected chi connectivity index (χ2v) is 7.86. The molecule has 1 aromatic carbocycles. The summed E-state index contributed by atoms with van der Waals surface area (Å²) < 4.78 is 13.6. The van der Waals surface area contributed by atoms with Crippen LogP contribution in [-0.4, -0.2) is 38.3 Å². The van der Waals surface area contributed by atoms with Crippen LogP contribution in [0.5, 0.6) is 0 Å². The second-order valence-electron chi connectivity index (χ2n) is 7.09. The van der Waals surface area contributed by atoms with Gasteiger partial charge in [0.15, 0.2) is 5.16 Å². The first-order valence-electron chi connectivity index (χ1n) is 8.66. The van der Waals surface area contributed by atoms with E-state index >= 15 is 0 Å². The zero-order valence-electron chi connectivity index (χ0n) is 14.2. The highest BCUT2D eigenvalue weighted by atomic mass is 32.2. The molecule has 2 atom stereocenters. The third kappa shape index (κ3) is 3.30. The van der Waals surface area contributed by atoms with E-state index in [9.17, 15) is 9.50 Å². The fourth-order valence-corrected chi connectivity index (χ4v) is 4.65. The molecule has 2 aliphatic heterocycles. The maximum absolute atomic E-state index is 13.6. The Kier molecular flexibility index (Phi) is 4.52. The fourth-order valence-electron chi connectivity index (χ4n) is 4.33. The van der Waals surface area contributed by atoms with Crippen LogP contribution < -0.4 is 0 Å². The SMILES string of the molecule is CSc1ncc(CN2[C@@H]3CC[C@@H]2CC(O)(c2cccc(F)c2)C3)cn1. The summed E-state index contributed by atoms with van der Waals surface area (Å²) in [5.74, 6) is -0.285. The minimum atomic E-state index is -0.927. The number of thioether (sulfide) groups is 1. The molecular weight excluding hydrogens is 337 g/mol. The number of rotatable bonds is 4. The highest BCUT2D eigenvalue weighted by Gasteiger charge is 2.48. The molecular formula is C19H22FN3OS. The molecule has 1 aromatic heterocycles. The summed E-state index contributed by atoms with van der Waals surface area (Å²) in [6.07, 6.45) is 9.20. The lowest BCUT2D eigenvalue weighted by Crippen LogP contribution is -2.49. The van der Waals surface area contributed by atoms with Crippen LogP contribution in [0.25, 0.3) is 0 Å². The van der Waals surface area contributed by atoms with E-state index in [2.05, 4.69) is 14.9 Å². The van der Waals surface area contributed by atoms with Gasteiger partial charge in [-0.2, -0.15) is 0 Å². The van der Waals surface area contributed by atoms with Crippen molar-refractivity contribution in [1.82, 2.24) is 14.9 Å². The van der Waals surface area contributed by atoms with Crippen molar-refractivity contribution in [2.75, 3.05) is 6.26 Å². The molecule has 2 aliphatic rings. The summed E-state index contributed by atoms with van der Waals surface area (Å²) in [7, 11) is 0. The molecule has 0 amide bonds. The molecule has 0 aliphatic carbocycles. The molecule has 2 fully saturated rings. The standard InChI is InChI=1S/C19H22FN3OS/c1-25-18-21-10-13(11-22-18)12-23-16-5-6-17(23)9-19(24,8-16)14-3-2-4-15(20)7-14/h2-4,7,10-11,16-17,24H,5-6,8-9,12H2,1H3/t16-,17-/m1/s1. The van der Waals surface area contributed by atoms with Crippen LogP contribution >= 0.6 is 11.8 Å². The fraction of sp³-hybridized carbons (Fsp3) is 0.474. The van der Waals surface area contributed by atoms with Crippen molar-refractivity contribution in [2.24, 2.45) is 0 Å². The summed E-state index contributed by atoms with van der Waals surface area (Å²) in [4.78, 5) is 11.2. The summed E-state index contributed by atoms with van der Waals surface area (Å²) >= 11 is 1.54. The summed E-state index contributed by atoms with van der Waals surface area (Å²) in [5, 5.41) is 12.0. The third-order valence-corrected chi connectivity index (χ3v) is 6.09. The van der Waals surface area contributed by atoms with E-state index in [1.807, 2.05) is 24.7 Å². The lowest BCUT2D eigenvalue weighted by Gasteiger charge is -2.44. The van der Waals surface area contributed by atoms with Crippen molar-refractivity contribution in [2.45, 2.75) is 55.1 Å². The minimum absolute atomic E-state index is 0.285. The van der Waals surface area contributed by atoms with Crippen LogP contribution in [0.2, 0.25) is 0 Å². The Balaban J connectivity index is 1.51. The molecule has 25 heavy (non-hydrogen) atoms. The Hall–Kier alpha value is -1.50. The lowest BCUT2D eigenvalue weighted by atomic mass is 9.80. The second kappa shape index (κ2) is 6.67. The Labute approximate surface area is 151 Å². The van der Waals surface area contributed by atoms with Crippen molar-refractivity contribution in [3.63, 3.8) is 0 Å². The first-order chi connectivity index (χ1) is 12.1. The number of aliphatic hydroxyl groups is 1. The van der Waals surface area contributed by atoms with Gasteiger partial charge < -0.3 is 5.11 Å². The van der Waals surface area contributed by atoms with Gasteiger partial charge in [0.2, 0.25) is 0 Å². The van der Waals surface area contributed by atoms with E-state index in [1.165, 1.54) is 23.9 Å². The van der Waals surface area contributed by atoms with Gasteiger partial charge in [0.1, 0.15) is 5.82 Å². The van der Waals surface area contributed by atoms with Crippen molar-refractivity contribution >= 4 is 11.8 Å². The molecule has 6 heteroatoms. The van der Waals surface area contributed by atoms with Crippen LogP contribution in [0.1, 0.15) is 36.8 Å². The third-order valence-electron chi connectivity index (χ3n) is 5.51. The zero-order chi connectivity index (χ0) is 17.4. The van der Waals surface area contributed by atoms with E-state index < -0.39 is 5.60 Å². The Morgan fingerprint density at radius 3 is 2.52 bits per heavy atom. The zero-order valence-corrected chi connectivity index (χ0v) is 15.0. The van der Waals surface area contributed by atoms with Gasteiger partial charge in [0, 0.05) is 36.6 Å². The quantitative estimate of drug-likeness (QED) is 0.670. The molecule has 4 rings (SSSR count). The number of fused-ring (bicyclic) bond motifs is 2. The average molecular weight is 359 g/mol. The maximum Gasteiger partial charge on any atom is 0.187 e. The number of halogens is 1. The largest absolute Gasteiger partial charge is 0.385 e. The number of nitrogens with zero attached hydrogens (tertiary/aromatic N) is 3. The first-order valence-corrected chi connectivity index (χ1v) is 9.89. The van der Waals surface area contributed by atoms with E-state index in [0.717, 1.165) is 30.1 Å². The van der Waals surface area contributed by atoms with Crippen LogP contribution in [0.4, 0.5) is 4.39 Å². The summed E-state index contributed by atoms with van der Waals surface area (Å²) in [6, 6.07) is 7.05. The van der Waals surface area contributed by atoms with Gasteiger partial charge in [-0.25, -0.2) is 14.4 Å². The van der Waals surface area contributed by atoms with Crippen molar-refractivity contribution < 1.29 is 9.50 Å². The topological polar surface area (TPSA) is 49.2 Å². The van der Waals surface area contributed by atoms with E-state index in [0.29, 0.717) is 30.5 Å². The van der Waals surface area contributed by atoms with Crippen molar-refractivity contribution in [3.05, 3.63) is 53.6 Å². The van der Waals surface area contributed by atoms with E-state index in [4.69, 9.17) is 0 Å². The molecule has 2 saturated heterocycles. The van der Waals surface area contributed by atoms with Crippen molar-refractivity contribution in [1.29, 1.82) is 0 Å². The van der Waals surface area contributed by atoms with Gasteiger partial charge in [-0.15, -0.1) is 0 Å². The number of hydrogen-bond acceptors (Lipinski definition) is 5. The Morgan fingerprint density at radius 2 is 1.92 bits per heavy atom. The predicted octanol–water partition coefficient (Wildman–Crippen LogP) is 3.35. The predicted molar refractivity (Wildman–Crippen MR) is 95.7 cm³/mol. The van der Waals surface area contributed by atoms with Gasteiger partial charge in [0.05, 0.1) is 5.60 Å². The molecule has 4 nitrogen and oxygen atoms in total. The first kappa shape index (κ1) is 16.9. The molecule has 2 aromatic rings. The highest BCUT2D eigenvalue weighted by molar-refractivity contribution is 7.98. The molecule has 0 radical (unpaired) electrons. The van der Waals surface area contributed by atoms with Crippen molar-refractivity contribution in [3.8, 4) is 0 Å². The molecule has 132 valence electrons. The Morgan fingerprint density at radius 1 is 1.24 bits per heavy atom. The number of benzene rings is 1. The van der Waals surface area contributed by atoms with Gasteiger partial charge in [-0.05, 0) is 49.6 Å². The normalized spacial score (nSPS) is 29.1. The number of piperidine rings is 1. The minimum Gasteiger partial charge on any atom is -0.385 e. The Bertz CT molecular complexity index is 741. The number of hydrogen-bond donors (Lipinski definition) is 1. The molecule has 2 bridgehead atoms. The molecule has 0 unspecified atom stereocenters. The van der Waals surface area contributed by atoms with E-state index in [1.54, 1.807) is 6.07 Å². The molecule has 3 heterocycles. The molecule has 0 spiro atoms. The summed E-state index contributed by atoms with van der Waals surface area (Å²) in [6.45, 7) is 0.809. The van der Waals surface area contributed by atoms with Gasteiger partial charge >= 0.3 is 0 Å². The van der Waals surface area contributed by atoms with Crippen LogP contribution in [0.15, 0.2) is 41.8 Å². The summed E-state index contributed by atoms with van der Waals surface area (Å²) in [5.41, 5.74) is 0.881. The monoisotopic (exact) mass is 359 g/mol. The smallest absolute Gasteiger partial charge is 0.187 e. The maximum atomic E-state index is 13.6. The highest BCUT2D eigenvalue weighted by Crippen LogP contribution is 2.46. The van der Waals surface area contributed by atoms with Gasteiger partial charge in [-0.3, -0.25) is 4.90 Å². The van der Waals surface area contributed by atoms with Gasteiger partial charge in [0.25, 0.3) is 0 Å². The number of aromatic nitrogens is 2. The molecule has 0 saturated carbocycles. The van der Waals surface area contributed by atoms with Crippen LogP contribution in [0, 0.1) is 5.82 Å². The van der Waals surface area contributed by atoms with Crippen LogP contribution in [-0.2, 0) is 12.1 Å². The average Bonchev–Trinajstić information content (AvgIpc) is 2.86. The van der Waals surface area contributed by atoms with E-state index in [-0.39, 0.29) is 5.82 Å². The van der Waals surface area contributed by atoms with Crippen LogP contribution in [0.3, 0.4) is 0 Å². The van der Waals surface area contributed by atoms with Gasteiger partial charge in [-0.1, -0.05) is 23.9 Å². The lowest BCUT2D eigenvalue weighted by molar-refractivity contribution is -0.0597. The molecule has 1 N–H and O–H groups in total.